The highest BCUT2D eigenvalue weighted by molar-refractivity contribution is 5.85. The SMILES string of the molecule is CCC1(C(=O)N[C@H]2CC[C@@H](C(=O)O)C2)CC1. The van der Waals surface area contributed by atoms with Crippen molar-refractivity contribution in [3.8, 4) is 0 Å². The van der Waals surface area contributed by atoms with Gasteiger partial charge in [0.2, 0.25) is 5.91 Å². The minimum Gasteiger partial charge on any atom is -0.481 e. The Hall–Kier alpha value is -1.06. The molecule has 1 amide bonds. The second-order valence-electron chi connectivity index (χ2n) is 5.15. The van der Waals surface area contributed by atoms with Crippen molar-refractivity contribution in [2.24, 2.45) is 11.3 Å². The van der Waals surface area contributed by atoms with Gasteiger partial charge in [0, 0.05) is 11.5 Å². The molecule has 2 N–H and O–H groups in total. The third-order valence-corrected chi connectivity index (χ3v) is 4.13. The number of carbonyl (C=O) groups is 2. The van der Waals surface area contributed by atoms with Crippen LogP contribution in [0, 0.1) is 11.3 Å². The molecule has 90 valence electrons. The first-order valence-corrected chi connectivity index (χ1v) is 6.11. The first-order valence-electron chi connectivity index (χ1n) is 6.11. The Morgan fingerprint density at radius 2 is 2.06 bits per heavy atom. The summed E-state index contributed by atoms with van der Waals surface area (Å²) >= 11 is 0. The second kappa shape index (κ2) is 4.07. The van der Waals surface area contributed by atoms with Crippen LogP contribution >= 0.6 is 0 Å². The van der Waals surface area contributed by atoms with E-state index in [0.29, 0.717) is 12.8 Å². The van der Waals surface area contributed by atoms with Crippen molar-refractivity contribution in [1.29, 1.82) is 0 Å². The third kappa shape index (κ3) is 2.06. The van der Waals surface area contributed by atoms with Gasteiger partial charge in [-0.3, -0.25) is 9.59 Å². The molecule has 0 bridgehead atoms. The second-order valence-corrected chi connectivity index (χ2v) is 5.15. The van der Waals surface area contributed by atoms with E-state index in [1.807, 2.05) is 6.92 Å². The van der Waals surface area contributed by atoms with E-state index < -0.39 is 5.97 Å². The lowest BCUT2D eigenvalue weighted by Gasteiger charge is -2.17. The average Bonchev–Trinajstić information content (AvgIpc) is 2.92. The molecular weight excluding hydrogens is 206 g/mol. The van der Waals surface area contributed by atoms with E-state index in [2.05, 4.69) is 5.32 Å². The van der Waals surface area contributed by atoms with Gasteiger partial charge in [-0.1, -0.05) is 6.92 Å². The molecule has 2 aliphatic rings. The standard InChI is InChI=1S/C12H19NO3/c1-2-12(5-6-12)11(16)13-9-4-3-8(7-9)10(14)15/h8-9H,2-7H2,1H3,(H,13,16)(H,14,15)/t8-,9+/m1/s1. The predicted molar refractivity (Wildman–Crippen MR) is 58.9 cm³/mol. The monoisotopic (exact) mass is 225 g/mol. The van der Waals surface area contributed by atoms with E-state index >= 15 is 0 Å². The summed E-state index contributed by atoms with van der Waals surface area (Å²) in [5.74, 6) is -0.846. The lowest BCUT2D eigenvalue weighted by molar-refractivity contribution is -0.141. The summed E-state index contributed by atoms with van der Waals surface area (Å²) in [5.41, 5.74) is -0.110. The van der Waals surface area contributed by atoms with Gasteiger partial charge in [-0.15, -0.1) is 0 Å². The fourth-order valence-electron chi connectivity index (χ4n) is 2.57. The zero-order valence-electron chi connectivity index (χ0n) is 9.66. The molecular formula is C12H19NO3. The van der Waals surface area contributed by atoms with Crippen LogP contribution in [0.5, 0.6) is 0 Å². The molecule has 0 aromatic heterocycles. The molecule has 0 radical (unpaired) electrons. The number of carboxylic acids is 1. The molecule has 4 heteroatoms. The van der Waals surface area contributed by atoms with Gasteiger partial charge in [0.1, 0.15) is 0 Å². The Bertz CT molecular complexity index is 309. The summed E-state index contributed by atoms with van der Waals surface area (Å²) in [6, 6.07) is 0.0811. The average molecular weight is 225 g/mol. The largest absolute Gasteiger partial charge is 0.481 e. The Morgan fingerprint density at radius 1 is 1.38 bits per heavy atom. The highest BCUT2D eigenvalue weighted by Crippen LogP contribution is 2.49. The van der Waals surface area contributed by atoms with Gasteiger partial charge in [-0.25, -0.2) is 0 Å². The van der Waals surface area contributed by atoms with Crippen LogP contribution in [0.4, 0.5) is 0 Å². The minimum absolute atomic E-state index is 0.0811. The van der Waals surface area contributed by atoms with Gasteiger partial charge in [-0.05, 0) is 38.5 Å². The van der Waals surface area contributed by atoms with Crippen LogP contribution in [0.2, 0.25) is 0 Å². The summed E-state index contributed by atoms with van der Waals surface area (Å²) in [7, 11) is 0. The molecule has 0 aliphatic heterocycles. The number of hydrogen-bond donors (Lipinski definition) is 2. The van der Waals surface area contributed by atoms with Gasteiger partial charge in [-0.2, -0.15) is 0 Å². The number of carboxylic acid groups (broad SMARTS) is 1. The zero-order valence-corrected chi connectivity index (χ0v) is 9.66. The molecule has 4 nitrogen and oxygen atoms in total. The van der Waals surface area contributed by atoms with E-state index in [1.54, 1.807) is 0 Å². The maximum absolute atomic E-state index is 11.9. The summed E-state index contributed by atoms with van der Waals surface area (Å²) < 4.78 is 0. The molecule has 2 atom stereocenters. The molecule has 2 saturated carbocycles. The Labute approximate surface area is 95.4 Å². The maximum Gasteiger partial charge on any atom is 0.306 e. The molecule has 0 aromatic rings. The number of nitrogens with one attached hydrogen (secondary N) is 1. The first kappa shape index (κ1) is 11.4. The molecule has 0 saturated heterocycles. The van der Waals surface area contributed by atoms with Crippen molar-refractivity contribution < 1.29 is 14.7 Å². The molecule has 16 heavy (non-hydrogen) atoms. The van der Waals surface area contributed by atoms with Crippen molar-refractivity contribution in [1.82, 2.24) is 5.32 Å². The van der Waals surface area contributed by atoms with E-state index in [0.717, 1.165) is 25.7 Å². The van der Waals surface area contributed by atoms with Gasteiger partial charge in [0.05, 0.1) is 5.92 Å². The zero-order chi connectivity index (χ0) is 11.8. The number of hydrogen-bond acceptors (Lipinski definition) is 2. The van der Waals surface area contributed by atoms with Crippen LogP contribution in [-0.4, -0.2) is 23.0 Å². The highest BCUT2D eigenvalue weighted by Gasteiger charge is 2.48. The van der Waals surface area contributed by atoms with Gasteiger partial charge < -0.3 is 10.4 Å². The van der Waals surface area contributed by atoms with Crippen LogP contribution in [0.1, 0.15) is 45.4 Å². The minimum atomic E-state index is -0.728. The lowest BCUT2D eigenvalue weighted by Crippen LogP contribution is -2.38. The fourth-order valence-corrected chi connectivity index (χ4v) is 2.57. The van der Waals surface area contributed by atoms with Crippen LogP contribution in [0.3, 0.4) is 0 Å². The summed E-state index contributed by atoms with van der Waals surface area (Å²) in [6.07, 6.45) is 4.98. The smallest absolute Gasteiger partial charge is 0.306 e. The molecule has 2 fully saturated rings. The number of amides is 1. The van der Waals surface area contributed by atoms with Gasteiger partial charge in [0.25, 0.3) is 0 Å². The van der Waals surface area contributed by atoms with Crippen molar-refractivity contribution in [2.45, 2.75) is 51.5 Å². The summed E-state index contributed by atoms with van der Waals surface area (Å²) in [6.45, 7) is 2.04. The normalized spacial score (nSPS) is 31.1. The summed E-state index contributed by atoms with van der Waals surface area (Å²) in [5, 5.41) is 11.9. The Balaban J connectivity index is 1.83. The van der Waals surface area contributed by atoms with Crippen LogP contribution in [0.15, 0.2) is 0 Å². The van der Waals surface area contributed by atoms with E-state index in [4.69, 9.17) is 5.11 Å². The highest BCUT2D eigenvalue weighted by atomic mass is 16.4. The molecule has 0 aromatic carbocycles. The lowest BCUT2D eigenvalue weighted by atomic mass is 10.0. The molecule has 0 unspecified atom stereocenters. The predicted octanol–water partition coefficient (Wildman–Crippen LogP) is 1.55. The maximum atomic E-state index is 11.9. The van der Waals surface area contributed by atoms with E-state index in [-0.39, 0.29) is 23.3 Å². The van der Waals surface area contributed by atoms with Crippen molar-refractivity contribution >= 4 is 11.9 Å². The number of aliphatic carboxylic acids is 1. The summed E-state index contributed by atoms with van der Waals surface area (Å²) in [4.78, 5) is 22.7. The molecule has 0 spiro atoms. The number of carbonyl (C=O) groups excluding carboxylic acids is 1. The first-order chi connectivity index (χ1) is 7.57. The Kier molecular flexibility index (Phi) is 2.91. The fraction of sp³-hybridized carbons (Fsp3) is 0.833. The van der Waals surface area contributed by atoms with E-state index in [1.165, 1.54) is 0 Å². The van der Waals surface area contributed by atoms with Crippen LogP contribution in [0.25, 0.3) is 0 Å². The molecule has 0 heterocycles. The van der Waals surface area contributed by atoms with Crippen molar-refractivity contribution in [3.05, 3.63) is 0 Å². The van der Waals surface area contributed by atoms with Crippen molar-refractivity contribution in [2.75, 3.05) is 0 Å². The van der Waals surface area contributed by atoms with Crippen LogP contribution in [-0.2, 0) is 9.59 Å². The third-order valence-electron chi connectivity index (χ3n) is 4.13. The topological polar surface area (TPSA) is 66.4 Å². The number of rotatable bonds is 4. The molecule has 2 aliphatic carbocycles. The van der Waals surface area contributed by atoms with Crippen LogP contribution < -0.4 is 5.32 Å². The van der Waals surface area contributed by atoms with Gasteiger partial charge >= 0.3 is 5.97 Å². The van der Waals surface area contributed by atoms with Gasteiger partial charge in [0.15, 0.2) is 0 Å². The Morgan fingerprint density at radius 3 is 2.50 bits per heavy atom. The van der Waals surface area contributed by atoms with E-state index in [9.17, 15) is 9.59 Å². The quantitative estimate of drug-likeness (QED) is 0.762. The van der Waals surface area contributed by atoms with Crippen molar-refractivity contribution in [3.63, 3.8) is 0 Å². The molecule has 2 rings (SSSR count).